The number of nitrogens with one attached hydrogen (secondary N) is 2. The number of amides is 4. The molecule has 30 heavy (non-hydrogen) atoms. The third kappa shape index (κ3) is 5.32. The summed E-state index contributed by atoms with van der Waals surface area (Å²) in [6, 6.07) is 14.6. The van der Waals surface area contributed by atoms with E-state index in [0.717, 1.165) is 28.3 Å². The van der Waals surface area contributed by atoms with Crippen molar-refractivity contribution in [1.82, 2.24) is 15.5 Å². The predicted molar refractivity (Wildman–Crippen MR) is 111 cm³/mol. The highest BCUT2D eigenvalue weighted by Gasteiger charge is 2.34. The van der Waals surface area contributed by atoms with E-state index in [-0.39, 0.29) is 25.2 Å². The van der Waals surface area contributed by atoms with Crippen molar-refractivity contribution in [2.75, 3.05) is 19.6 Å². The number of carbonyl (C=O) groups is 4. The first-order valence-corrected chi connectivity index (χ1v) is 9.87. The Bertz CT molecular complexity index is 1010. The van der Waals surface area contributed by atoms with Crippen molar-refractivity contribution >= 4 is 40.8 Å². The van der Waals surface area contributed by atoms with Crippen LogP contribution in [0.25, 0.3) is 6.08 Å². The second kappa shape index (κ2) is 9.84. The summed E-state index contributed by atoms with van der Waals surface area (Å²) < 4.78 is 13.5. The van der Waals surface area contributed by atoms with Gasteiger partial charge in [-0.25, -0.2) is 4.39 Å². The molecule has 4 amide bonds. The normalized spacial score (nSPS) is 14.8. The maximum absolute atomic E-state index is 13.5. The predicted octanol–water partition coefficient (Wildman–Crippen LogP) is 2.41. The first-order valence-electron chi connectivity index (χ1n) is 9.05. The fourth-order valence-corrected chi connectivity index (χ4v) is 3.53. The average molecular weight is 427 g/mol. The van der Waals surface area contributed by atoms with Gasteiger partial charge in [0.05, 0.1) is 17.0 Å². The smallest absolute Gasteiger partial charge is 0.293 e. The lowest BCUT2D eigenvalue weighted by molar-refractivity contribution is -0.124. The van der Waals surface area contributed by atoms with E-state index >= 15 is 0 Å². The molecular formula is C21H18FN3O4S. The molecule has 1 saturated heterocycles. The summed E-state index contributed by atoms with van der Waals surface area (Å²) >= 11 is 0.842. The zero-order valence-corrected chi connectivity index (χ0v) is 16.6. The molecule has 0 aliphatic carbocycles. The number of halogens is 1. The van der Waals surface area contributed by atoms with Gasteiger partial charge in [-0.15, -0.1) is 0 Å². The molecule has 0 unspecified atom stereocenters. The molecule has 3 rings (SSSR count). The lowest BCUT2D eigenvalue weighted by atomic mass is 10.2. The number of thioether (sulfide) groups is 1. The Morgan fingerprint density at radius 3 is 2.43 bits per heavy atom. The van der Waals surface area contributed by atoms with Gasteiger partial charge < -0.3 is 10.6 Å². The van der Waals surface area contributed by atoms with Crippen LogP contribution in [0.2, 0.25) is 0 Å². The lowest BCUT2D eigenvalue weighted by Gasteiger charge is -2.13. The molecule has 0 atom stereocenters. The molecule has 0 bridgehead atoms. The molecular weight excluding hydrogens is 409 g/mol. The first-order chi connectivity index (χ1) is 14.5. The highest BCUT2D eigenvalue weighted by atomic mass is 32.2. The molecule has 0 radical (unpaired) electrons. The largest absolute Gasteiger partial charge is 0.353 e. The first kappa shape index (κ1) is 21.3. The molecule has 154 valence electrons. The summed E-state index contributed by atoms with van der Waals surface area (Å²) in [4.78, 5) is 49.6. The highest BCUT2D eigenvalue weighted by Crippen LogP contribution is 2.31. The summed E-state index contributed by atoms with van der Waals surface area (Å²) in [6.07, 6.45) is 1.64. The van der Waals surface area contributed by atoms with Crippen molar-refractivity contribution in [2.45, 2.75) is 0 Å². The van der Waals surface area contributed by atoms with E-state index in [1.54, 1.807) is 6.08 Å². The summed E-state index contributed by atoms with van der Waals surface area (Å²) in [5.41, 5.74) is 0.648. The van der Waals surface area contributed by atoms with Crippen molar-refractivity contribution in [3.05, 3.63) is 76.4 Å². The van der Waals surface area contributed by atoms with Gasteiger partial charge in [0, 0.05) is 13.1 Å². The molecule has 9 heteroatoms. The van der Waals surface area contributed by atoms with Gasteiger partial charge in [-0.3, -0.25) is 24.1 Å². The average Bonchev–Trinajstić information content (AvgIpc) is 3.00. The van der Waals surface area contributed by atoms with Gasteiger partial charge in [0.2, 0.25) is 5.91 Å². The van der Waals surface area contributed by atoms with Gasteiger partial charge in [0.15, 0.2) is 0 Å². The number of carbonyl (C=O) groups excluding carboxylic acids is 4. The molecule has 1 aliphatic rings. The Morgan fingerprint density at radius 1 is 1.00 bits per heavy atom. The zero-order chi connectivity index (χ0) is 21.5. The van der Waals surface area contributed by atoms with Crippen LogP contribution in [0.5, 0.6) is 0 Å². The fourth-order valence-electron chi connectivity index (χ4n) is 2.66. The second-order valence-electron chi connectivity index (χ2n) is 6.26. The van der Waals surface area contributed by atoms with Gasteiger partial charge in [-0.2, -0.15) is 0 Å². The van der Waals surface area contributed by atoms with Crippen LogP contribution in [0.4, 0.5) is 9.18 Å². The molecule has 0 aromatic heterocycles. The van der Waals surface area contributed by atoms with E-state index < -0.39 is 28.8 Å². The van der Waals surface area contributed by atoms with Crippen molar-refractivity contribution in [2.24, 2.45) is 0 Å². The Hall–Kier alpha value is -3.46. The SMILES string of the molecule is O=C(CNC(=O)c1ccccc1F)NCCN1C(=O)S/C(=C/c2ccccc2)C1=O. The molecule has 1 fully saturated rings. The molecule has 2 aromatic carbocycles. The van der Waals surface area contributed by atoms with Crippen LogP contribution in [0.1, 0.15) is 15.9 Å². The molecule has 2 N–H and O–H groups in total. The van der Waals surface area contributed by atoms with E-state index in [1.165, 1.54) is 18.2 Å². The topological polar surface area (TPSA) is 95.6 Å². The number of rotatable bonds is 7. The number of benzene rings is 2. The van der Waals surface area contributed by atoms with Crippen LogP contribution in [0.3, 0.4) is 0 Å². The van der Waals surface area contributed by atoms with Gasteiger partial charge in [-0.05, 0) is 35.5 Å². The van der Waals surface area contributed by atoms with E-state index in [9.17, 15) is 23.6 Å². The molecule has 0 saturated carbocycles. The van der Waals surface area contributed by atoms with Crippen LogP contribution in [0.15, 0.2) is 59.5 Å². The van der Waals surface area contributed by atoms with Crippen molar-refractivity contribution < 1.29 is 23.6 Å². The maximum Gasteiger partial charge on any atom is 0.293 e. The Balaban J connectivity index is 1.45. The van der Waals surface area contributed by atoms with E-state index in [4.69, 9.17) is 0 Å². The second-order valence-corrected chi connectivity index (χ2v) is 7.25. The minimum absolute atomic E-state index is 0.00377. The molecule has 1 heterocycles. The minimum atomic E-state index is -0.708. The molecule has 0 spiro atoms. The van der Waals surface area contributed by atoms with Gasteiger partial charge in [-0.1, -0.05) is 42.5 Å². The number of imide groups is 1. The molecule has 1 aliphatic heterocycles. The maximum atomic E-state index is 13.5. The third-order valence-electron chi connectivity index (χ3n) is 4.16. The Labute approximate surface area is 176 Å². The van der Waals surface area contributed by atoms with Crippen molar-refractivity contribution in [1.29, 1.82) is 0 Å². The van der Waals surface area contributed by atoms with Gasteiger partial charge in [0.1, 0.15) is 5.82 Å². The van der Waals surface area contributed by atoms with Gasteiger partial charge >= 0.3 is 0 Å². The lowest BCUT2D eigenvalue weighted by Crippen LogP contribution is -2.41. The summed E-state index contributed by atoms with van der Waals surface area (Å²) in [6.45, 7) is -0.322. The van der Waals surface area contributed by atoms with Crippen LogP contribution in [-0.2, 0) is 9.59 Å². The summed E-state index contributed by atoms with van der Waals surface area (Å²) in [5, 5.41) is 4.42. The quantitative estimate of drug-likeness (QED) is 0.662. The van der Waals surface area contributed by atoms with Gasteiger partial charge in [0.25, 0.3) is 17.1 Å². The van der Waals surface area contributed by atoms with E-state index in [2.05, 4.69) is 10.6 Å². The zero-order valence-electron chi connectivity index (χ0n) is 15.8. The summed E-state index contributed by atoms with van der Waals surface area (Å²) in [5.74, 6) is -2.33. The molecule has 2 aromatic rings. The van der Waals surface area contributed by atoms with E-state index in [0.29, 0.717) is 4.91 Å². The number of hydrogen-bond acceptors (Lipinski definition) is 5. The van der Waals surface area contributed by atoms with Crippen LogP contribution in [-0.4, -0.2) is 47.5 Å². The van der Waals surface area contributed by atoms with E-state index in [1.807, 2.05) is 30.3 Å². The summed E-state index contributed by atoms with van der Waals surface area (Å²) in [7, 11) is 0. The number of nitrogens with zero attached hydrogens (tertiary/aromatic N) is 1. The fraction of sp³-hybridized carbons (Fsp3) is 0.143. The van der Waals surface area contributed by atoms with Crippen molar-refractivity contribution in [3.63, 3.8) is 0 Å². The highest BCUT2D eigenvalue weighted by molar-refractivity contribution is 8.18. The monoisotopic (exact) mass is 427 g/mol. The minimum Gasteiger partial charge on any atom is -0.353 e. The third-order valence-corrected chi connectivity index (χ3v) is 5.06. The van der Waals surface area contributed by atoms with Crippen LogP contribution in [0, 0.1) is 5.82 Å². The van der Waals surface area contributed by atoms with Crippen LogP contribution >= 0.6 is 11.8 Å². The van der Waals surface area contributed by atoms with Crippen molar-refractivity contribution in [3.8, 4) is 0 Å². The number of hydrogen-bond donors (Lipinski definition) is 2. The molecule has 7 nitrogen and oxygen atoms in total. The standard InChI is InChI=1S/C21H18FN3O4S/c22-16-9-5-4-8-15(16)19(27)24-13-18(26)23-10-11-25-20(28)17(30-21(25)29)12-14-6-2-1-3-7-14/h1-9,12H,10-11,13H2,(H,23,26)(H,24,27)/b17-12+. The van der Waals surface area contributed by atoms with Crippen LogP contribution < -0.4 is 10.6 Å². The Kier molecular flexibility index (Phi) is 6.97. The Morgan fingerprint density at radius 2 is 1.70 bits per heavy atom.